The molecule has 1 aliphatic rings. The molecule has 0 atom stereocenters. The summed E-state index contributed by atoms with van der Waals surface area (Å²) in [4.78, 5) is 26.7. The van der Waals surface area contributed by atoms with Gasteiger partial charge in [-0.1, -0.05) is 18.2 Å². The van der Waals surface area contributed by atoms with Crippen LogP contribution in [0.2, 0.25) is 0 Å². The van der Waals surface area contributed by atoms with Crippen molar-refractivity contribution in [1.82, 2.24) is 5.32 Å². The van der Waals surface area contributed by atoms with Crippen molar-refractivity contribution in [2.24, 2.45) is 0 Å². The predicted molar refractivity (Wildman–Crippen MR) is 99.0 cm³/mol. The lowest BCUT2D eigenvalue weighted by Crippen LogP contribution is -2.42. The topological polar surface area (TPSA) is 67.9 Å². The van der Waals surface area contributed by atoms with E-state index in [2.05, 4.69) is 5.32 Å². The minimum atomic E-state index is -0.329. The molecule has 0 radical (unpaired) electrons. The average Bonchev–Trinajstić information content (AvgIpc) is 2.70. The van der Waals surface area contributed by atoms with Crippen LogP contribution >= 0.6 is 0 Å². The molecule has 0 saturated heterocycles. The quantitative estimate of drug-likeness (QED) is 0.895. The fraction of sp³-hybridized carbons (Fsp3) is 0.300. The third kappa shape index (κ3) is 3.64. The Morgan fingerprint density at radius 1 is 1.08 bits per heavy atom. The molecule has 2 aromatic carbocycles. The Kier molecular flexibility index (Phi) is 5.41. The molecule has 1 aliphatic heterocycles. The summed E-state index contributed by atoms with van der Waals surface area (Å²) in [6.45, 7) is 0.615. The van der Waals surface area contributed by atoms with E-state index in [9.17, 15) is 9.59 Å². The first-order valence-corrected chi connectivity index (χ1v) is 8.52. The zero-order valence-corrected chi connectivity index (χ0v) is 15.0. The van der Waals surface area contributed by atoms with Gasteiger partial charge in [0.25, 0.3) is 5.91 Å². The standard InChI is InChI=1S/C20H22N2O4/c1-25-17-10-9-15(12-18(17)26-2)20(24)21-13-19(23)22-11-5-7-14-6-3-4-8-16(14)22/h3-4,6,8-10,12H,5,7,11,13H2,1-2H3,(H,21,24). The molecule has 26 heavy (non-hydrogen) atoms. The Balaban J connectivity index is 1.66. The second-order valence-corrected chi connectivity index (χ2v) is 6.03. The molecule has 1 heterocycles. The Morgan fingerprint density at radius 3 is 2.62 bits per heavy atom. The average molecular weight is 354 g/mol. The van der Waals surface area contributed by atoms with E-state index in [4.69, 9.17) is 9.47 Å². The molecule has 6 heteroatoms. The summed E-state index contributed by atoms with van der Waals surface area (Å²) < 4.78 is 10.4. The van der Waals surface area contributed by atoms with Crippen molar-refractivity contribution >= 4 is 17.5 Å². The number of benzene rings is 2. The second kappa shape index (κ2) is 7.91. The lowest BCUT2D eigenvalue weighted by Gasteiger charge is -2.29. The van der Waals surface area contributed by atoms with E-state index in [0.717, 1.165) is 18.5 Å². The SMILES string of the molecule is COc1ccc(C(=O)NCC(=O)N2CCCc3ccccc32)cc1OC. The number of carbonyl (C=O) groups excluding carboxylic acids is 2. The smallest absolute Gasteiger partial charge is 0.251 e. The van der Waals surface area contributed by atoms with Crippen molar-refractivity contribution in [3.8, 4) is 11.5 Å². The van der Waals surface area contributed by atoms with Crippen LogP contribution in [-0.2, 0) is 11.2 Å². The van der Waals surface area contributed by atoms with Crippen LogP contribution in [0.4, 0.5) is 5.69 Å². The van der Waals surface area contributed by atoms with Gasteiger partial charge >= 0.3 is 0 Å². The highest BCUT2D eigenvalue weighted by molar-refractivity contribution is 6.01. The van der Waals surface area contributed by atoms with Gasteiger partial charge in [-0.15, -0.1) is 0 Å². The minimum Gasteiger partial charge on any atom is -0.493 e. The van der Waals surface area contributed by atoms with Crippen molar-refractivity contribution < 1.29 is 19.1 Å². The summed E-state index contributed by atoms with van der Waals surface area (Å²) in [6, 6.07) is 12.8. The van der Waals surface area contributed by atoms with Gasteiger partial charge in [0.1, 0.15) is 0 Å². The molecule has 2 amide bonds. The molecular weight excluding hydrogens is 332 g/mol. The van der Waals surface area contributed by atoms with Crippen LogP contribution in [0.1, 0.15) is 22.3 Å². The maximum atomic E-state index is 12.6. The van der Waals surface area contributed by atoms with Gasteiger partial charge in [0, 0.05) is 17.8 Å². The molecule has 0 unspecified atom stereocenters. The number of fused-ring (bicyclic) bond motifs is 1. The van der Waals surface area contributed by atoms with Gasteiger partial charge in [-0.25, -0.2) is 0 Å². The third-order valence-electron chi connectivity index (χ3n) is 4.46. The van der Waals surface area contributed by atoms with Crippen LogP contribution in [0.25, 0.3) is 0 Å². The maximum Gasteiger partial charge on any atom is 0.251 e. The van der Waals surface area contributed by atoms with Crippen LogP contribution in [-0.4, -0.2) is 39.1 Å². The molecule has 0 aromatic heterocycles. The lowest BCUT2D eigenvalue weighted by molar-refractivity contribution is -0.117. The molecule has 2 aromatic rings. The Labute approximate surface area is 152 Å². The predicted octanol–water partition coefficient (Wildman–Crippen LogP) is 2.41. The van der Waals surface area contributed by atoms with Crippen molar-refractivity contribution in [2.75, 3.05) is 32.2 Å². The third-order valence-corrected chi connectivity index (χ3v) is 4.46. The molecule has 0 spiro atoms. The molecule has 3 rings (SSSR count). The van der Waals surface area contributed by atoms with Crippen LogP contribution in [0.5, 0.6) is 11.5 Å². The lowest BCUT2D eigenvalue weighted by atomic mass is 10.0. The number of hydrogen-bond donors (Lipinski definition) is 1. The molecular formula is C20H22N2O4. The molecule has 1 N–H and O–H groups in total. The number of carbonyl (C=O) groups is 2. The van der Waals surface area contributed by atoms with E-state index in [1.807, 2.05) is 24.3 Å². The fourth-order valence-electron chi connectivity index (χ4n) is 3.12. The number of amides is 2. The number of ether oxygens (including phenoxy) is 2. The van der Waals surface area contributed by atoms with E-state index in [1.165, 1.54) is 19.8 Å². The maximum absolute atomic E-state index is 12.6. The molecule has 6 nitrogen and oxygen atoms in total. The Morgan fingerprint density at radius 2 is 1.85 bits per heavy atom. The monoisotopic (exact) mass is 354 g/mol. The molecule has 0 saturated carbocycles. The number of nitrogens with zero attached hydrogens (tertiary/aromatic N) is 1. The van der Waals surface area contributed by atoms with Gasteiger partial charge in [0.15, 0.2) is 11.5 Å². The first-order chi connectivity index (χ1) is 12.6. The summed E-state index contributed by atoms with van der Waals surface area (Å²) in [5.74, 6) is 0.567. The van der Waals surface area contributed by atoms with Crippen molar-refractivity contribution in [3.05, 3.63) is 53.6 Å². The highest BCUT2D eigenvalue weighted by Gasteiger charge is 2.22. The van der Waals surface area contributed by atoms with E-state index >= 15 is 0 Å². The van der Waals surface area contributed by atoms with Gasteiger partial charge in [-0.3, -0.25) is 9.59 Å². The number of rotatable bonds is 5. The first kappa shape index (κ1) is 17.8. The highest BCUT2D eigenvalue weighted by atomic mass is 16.5. The van der Waals surface area contributed by atoms with Gasteiger partial charge in [0.2, 0.25) is 5.91 Å². The normalized spacial score (nSPS) is 12.9. The van der Waals surface area contributed by atoms with E-state index < -0.39 is 0 Å². The number of hydrogen-bond acceptors (Lipinski definition) is 4. The Hall–Kier alpha value is -3.02. The van der Waals surface area contributed by atoms with Crippen LogP contribution in [0.15, 0.2) is 42.5 Å². The van der Waals surface area contributed by atoms with Crippen LogP contribution in [0.3, 0.4) is 0 Å². The summed E-state index contributed by atoms with van der Waals surface area (Å²) in [5.41, 5.74) is 2.51. The second-order valence-electron chi connectivity index (χ2n) is 6.03. The zero-order chi connectivity index (χ0) is 18.5. The number of nitrogens with one attached hydrogen (secondary N) is 1. The van der Waals surface area contributed by atoms with Gasteiger partial charge < -0.3 is 19.7 Å². The molecule has 136 valence electrons. The number of methoxy groups -OCH3 is 2. The summed E-state index contributed by atoms with van der Waals surface area (Å²) >= 11 is 0. The van der Waals surface area contributed by atoms with Gasteiger partial charge in [0.05, 0.1) is 20.8 Å². The zero-order valence-electron chi connectivity index (χ0n) is 15.0. The van der Waals surface area contributed by atoms with Crippen LogP contribution in [0, 0.1) is 0 Å². The van der Waals surface area contributed by atoms with E-state index in [-0.39, 0.29) is 18.4 Å². The number of aryl methyl sites for hydroxylation is 1. The van der Waals surface area contributed by atoms with Crippen LogP contribution < -0.4 is 19.7 Å². The molecule has 0 aliphatic carbocycles. The number of para-hydroxylation sites is 1. The summed E-state index contributed by atoms with van der Waals surface area (Å²) in [6.07, 6.45) is 1.89. The fourth-order valence-corrected chi connectivity index (χ4v) is 3.12. The highest BCUT2D eigenvalue weighted by Crippen LogP contribution is 2.28. The number of anilines is 1. The summed E-state index contributed by atoms with van der Waals surface area (Å²) in [7, 11) is 3.05. The van der Waals surface area contributed by atoms with Gasteiger partial charge in [-0.05, 0) is 42.7 Å². The summed E-state index contributed by atoms with van der Waals surface area (Å²) in [5, 5.41) is 2.69. The van der Waals surface area contributed by atoms with E-state index in [1.54, 1.807) is 23.1 Å². The van der Waals surface area contributed by atoms with Crippen molar-refractivity contribution in [2.45, 2.75) is 12.8 Å². The van der Waals surface area contributed by atoms with Crippen molar-refractivity contribution in [3.63, 3.8) is 0 Å². The van der Waals surface area contributed by atoms with E-state index in [0.29, 0.717) is 23.6 Å². The van der Waals surface area contributed by atoms with Gasteiger partial charge in [-0.2, -0.15) is 0 Å². The molecule has 0 fully saturated rings. The minimum absolute atomic E-state index is 0.0541. The Bertz CT molecular complexity index is 819. The first-order valence-electron chi connectivity index (χ1n) is 8.52. The molecule has 0 bridgehead atoms. The van der Waals surface area contributed by atoms with Crippen molar-refractivity contribution in [1.29, 1.82) is 0 Å². The largest absolute Gasteiger partial charge is 0.493 e.